The van der Waals surface area contributed by atoms with Gasteiger partial charge in [-0.05, 0) is 17.7 Å². The molecule has 1 rings (SSSR count). The molecule has 0 aliphatic heterocycles. The number of carbonyl (C=O) groups is 4. The van der Waals surface area contributed by atoms with Crippen molar-refractivity contribution >= 4 is 23.7 Å². The highest BCUT2D eigenvalue weighted by molar-refractivity contribution is 6.06. The first-order chi connectivity index (χ1) is 8.73. The topological polar surface area (TPSA) is 167 Å². The molecule has 8 heteroatoms. The molecule has 0 aromatic heterocycles. The van der Waals surface area contributed by atoms with Crippen molar-refractivity contribution in [2.24, 2.45) is 17.2 Å². The molecule has 0 radical (unpaired) electrons. The van der Waals surface area contributed by atoms with Crippen molar-refractivity contribution < 1.29 is 24.3 Å². The van der Waals surface area contributed by atoms with Crippen LogP contribution in [0.5, 0.6) is 0 Å². The average Bonchev–Trinajstić information content (AvgIpc) is 2.27. The normalized spacial score (nSPS) is 9.89. The van der Waals surface area contributed by atoms with Crippen molar-refractivity contribution in [1.82, 2.24) is 0 Å². The Morgan fingerprint density at radius 3 is 1.58 bits per heavy atom. The Labute approximate surface area is 107 Å². The largest absolute Gasteiger partial charge is 0.481 e. The molecule has 0 aliphatic carbocycles. The molecule has 0 bridgehead atoms. The van der Waals surface area contributed by atoms with Crippen molar-refractivity contribution in [3.05, 3.63) is 34.4 Å². The Bertz CT molecular complexity index is 559. The molecule has 1 aromatic rings. The van der Waals surface area contributed by atoms with Gasteiger partial charge in [-0.1, -0.05) is 0 Å². The van der Waals surface area contributed by atoms with Crippen molar-refractivity contribution in [1.29, 1.82) is 0 Å². The summed E-state index contributed by atoms with van der Waals surface area (Å²) in [6.07, 6.45) is -0.629. The summed E-state index contributed by atoms with van der Waals surface area (Å²) in [6, 6.07) is 2.07. The van der Waals surface area contributed by atoms with E-state index in [0.717, 1.165) is 12.1 Å². The molecule has 0 spiro atoms. The molecule has 0 atom stereocenters. The second-order valence-corrected chi connectivity index (χ2v) is 3.71. The SMILES string of the molecule is NC(=O)c1cc(C(N)=O)c(CC(=O)O)c(C(N)=O)c1. The number of carbonyl (C=O) groups excluding carboxylic acids is 3. The maximum atomic E-state index is 11.3. The van der Waals surface area contributed by atoms with Crippen LogP contribution in [0.15, 0.2) is 12.1 Å². The van der Waals surface area contributed by atoms with Crippen LogP contribution < -0.4 is 17.2 Å². The van der Waals surface area contributed by atoms with Crippen molar-refractivity contribution in [3.63, 3.8) is 0 Å². The van der Waals surface area contributed by atoms with Crippen LogP contribution in [0.2, 0.25) is 0 Å². The third kappa shape index (κ3) is 3.06. The van der Waals surface area contributed by atoms with Gasteiger partial charge in [0.25, 0.3) is 0 Å². The molecule has 0 saturated carbocycles. The Hall–Kier alpha value is -2.90. The van der Waals surface area contributed by atoms with Crippen molar-refractivity contribution in [3.8, 4) is 0 Å². The van der Waals surface area contributed by atoms with E-state index in [4.69, 9.17) is 22.3 Å². The molecule has 0 aliphatic rings. The summed E-state index contributed by atoms with van der Waals surface area (Å²) in [7, 11) is 0. The van der Waals surface area contributed by atoms with E-state index in [1.165, 1.54) is 0 Å². The van der Waals surface area contributed by atoms with Crippen LogP contribution >= 0.6 is 0 Å². The molecule has 1 aromatic carbocycles. The fourth-order valence-corrected chi connectivity index (χ4v) is 1.60. The number of carboxylic acids is 1. The fourth-order valence-electron chi connectivity index (χ4n) is 1.60. The van der Waals surface area contributed by atoms with E-state index in [0.29, 0.717) is 0 Å². The van der Waals surface area contributed by atoms with Crippen LogP contribution in [-0.2, 0) is 11.2 Å². The molecule has 7 N–H and O–H groups in total. The molecule has 0 saturated heterocycles. The van der Waals surface area contributed by atoms with Gasteiger partial charge in [-0.2, -0.15) is 0 Å². The Morgan fingerprint density at radius 2 is 1.32 bits per heavy atom. The summed E-state index contributed by atoms with van der Waals surface area (Å²) in [6.45, 7) is 0. The zero-order chi connectivity index (χ0) is 14.7. The summed E-state index contributed by atoms with van der Waals surface area (Å²) in [5.41, 5.74) is 14.4. The van der Waals surface area contributed by atoms with Crippen LogP contribution in [0, 0.1) is 0 Å². The van der Waals surface area contributed by atoms with Gasteiger partial charge in [-0.25, -0.2) is 0 Å². The molecule has 19 heavy (non-hydrogen) atoms. The van der Waals surface area contributed by atoms with E-state index in [1.54, 1.807) is 0 Å². The van der Waals surface area contributed by atoms with Crippen LogP contribution in [-0.4, -0.2) is 28.8 Å². The molecule has 8 nitrogen and oxygen atoms in total. The first-order valence-electron chi connectivity index (χ1n) is 5.02. The standard InChI is InChI=1S/C11H11N3O5/c12-9(17)4-1-6(10(13)18)5(3-8(15)16)7(2-4)11(14)19/h1-2H,3H2,(H2,12,17)(H2,13,18)(H2,14,19)(H,15,16). The van der Waals surface area contributed by atoms with E-state index in [-0.39, 0.29) is 22.3 Å². The summed E-state index contributed by atoms with van der Waals surface area (Å²) in [4.78, 5) is 44.4. The maximum Gasteiger partial charge on any atom is 0.307 e. The van der Waals surface area contributed by atoms with Gasteiger partial charge in [0.15, 0.2) is 0 Å². The third-order valence-electron chi connectivity index (χ3n) is 2.39. The number of nitrogens with two attached hydrogens (primary N) is 3. The van der Waals surface area contributed by atoms with Crippen LogP contribution in [0.25, 0.3) is 0 Å². The molecule has 100 valence electrons. The second-order valence-electron chi connectivity index (χ2n) is 3.71. The van der Waals surface area contributed by atoms with Gasteiger partial charge in [0.2, 0.25) is 17.7 Å². The summed E-state index contributed by atoms with van der Waals surface area (Å²) in [5, 5.41) is 8.76. The predicted molar refractivity (Wildman–Crippen MR) is 63.3 cm³/mol. The number of rotatable bonds is 5. The fraction of sp³-hybridized carbons (Fsp3) is 0.0909. The number of primary amides is 3. The monoisotopic (exact) mass is 265 g/mol. The lowest BCUT2D eigenvalue weighted by atomic mass is 9.94. The first kappa shape index (κ1) is 14.2. The first-order valence-corrected chi connectivity index (χ1v) is 5.02. The zero-order valence-electron chi connectivity index (χ0n) is 9.67. The number of hydrogen-bond acceptors (Lipinski definition) is 4. The van der Waals surface area contributed by atoms with Gasteiger partial charge in [0, 0.05) is 16.7 Å². The predicted octanol–water partition coefficient (Wildman–Crippen LogP) is -1.39. The van der Waals surface area contributed by atoms with Crippen molar-refractivity contribution in [2.45, 2.75) is 6.42 Å². The van der Waals surface area contributed by atoms with E-state index < -0.39 is 30.1 Å². The number of carboxylic acid groups (broad SMARTS) is 1. The molecular weight excluding hydrogens is 254 g/mol. The van der Waals surface area contributed by atoms with E-state index in [2.05, 4.69) is 0 Å². The number of aliphatic carboxylic acids is 1. The second kappa shape index (κ2) is 5.17. The van der Waals surface area contributed by atoms with Crippen LogP contribution in [0.1, 0.15) is 36.6 Å². The summed E-state index contributed by atoms with van der Waals surface area (Å²) < 4.78 is 0. The average molecular weight is 265 g/mol. The van der Waals surface area contributed by atoms with Gasteiger partial charge < -0.3 is 22.3 Å². The maximum absolute atomic E-state index is 11.3. The Morgan fingerprint density at radius 1 is 0.895 bits per heavy atom. The molecular formula is C11H11N3O5. The van der Waals surface area contributed by atoms with Gasteiger partial charge in [-0.15, -0.1) is 0 Å². The Balaban J connectivity index is 3.64. The highest BCUT2D eigenvalue weighted by Gasteiger charge is 2.21. The Kier molecular flexibility index (Phi) is 3.85. The summed E-state index contributed by atoms with van der Waals surface area (Å²) in [5.74, 6) is -4.15. The smallest absolute Gasteiger partial charge is 0.307 e. The molecule has 0 unspecified atom stereocenters. The van der Waals surface area contributed by atoms with Gasteiger partial charge in [0.05, 0.1) is 6.42 Å². The van der Waals surface area contributed by atoms with E-state index in [9.17, 15) is 19.2 Å². The highest BCUT2D eigenvalue weighted by atomic mass is 16.4. The van der Waals surface area contributed by atoms with Gasteiger partial charge >= 0.3 is 5.97 Å². The lowest BCUT2D eigenvalue weighted by Gasteiger charge is -2.11. The van der Waals surface area contributed by atoms with Gasteiger partial charge in [-0.3, -0.25) is 19.2 Å². The minimum Gasteiger partial charge on any atom is -0.481 e. The van der Waals surface area contributed by atoms with E-state index >= 15 is 0 Å². The molecule has 0 heterocycles. The van der Waals surface area contributed by atoms with Gasteiger partial charge in [0.1, 0.15) is 0 Å². The lowest BCUT2D eigenvalue weighted by molar-refractivity contribution is -0.136. The minimum absolute atomic E-state index is 0.141. The number of hydrogen-bond donors (Lipinski definition) is 4. The summed E-state index contributed by atoms with van der Waals surface area (Å²) >= 11 is 0. The van der Waals surface area contributed by atoms with Crippen LogP contribution in [0.4, 0.5) is 0 Å². The molecule has 3 amide bonds. The zero-order valence-corrected chi connectivity index (χ0v) is 9.67. The number of amides is 3. The van der Waals surface area contributed by atoms with E-state index in [1.807, 2.05) is 0 Å². The lowest BCUT2D eigenvalue weighted by Crippen LogP contribution is -2.24. The van der Waals surface area contributed by atoms with Crippen molar-refractivity contribution in [2.75, 3.05) is 0 Å². The third-order valence-corrected chi connectivity index (χ3v) is 2.39. The highest BCUT2D eigenvalue weighted by Crippen LogP contribution is 2.18. The number of benzene rings is 1. The molecule has 0 fully saturated rings. The van der Waals surface area contributed by atoms with Crippen LogP contribution in [0.3, 0.4) is 0 Å². The minimum atomic E-state index is -1.28. The quantitative estimate of drug-likeness (QED) is 0.513.